The van der Waals surface area contributed by atoms with Crippen LogP contribution in [-0.2, 0) is 0 Å². The molecule has 0 atom stereocenters. The summed E-state index contributed by atoms with van der Waals surface area (Å²) in [6.07, 6.45) is 1.71. The zero-order valence-corrected chi connectivity index (χ0v) is 15.2. The highest BCUT2D eigenvalue weighted by Crippen LogP contribution is 2.18. The molecule has 0 saturated heterocycles. The molecule has 2 amide bonds. The van der Waals surface area contributed by atoms with E-state index in [2.05, 4.69) is 15.6 Å². The molecule has 7 heteroatoms. The number of aromatic nitrogens is 2. The first-order valence-electron chi connectivity index (χ1n) is 8.28. The van der Waals surface area contributed by atoms with E-state index >= 15 is 0 Å². The molecule has 0 bridgehead atoms. The minimum atomic E-state index is -0.404. The summed E-state index contributed by atoms with van der Waals surface area (Å²) in [6.45, 7) is 4.55. The molecule has 0 aliphatic rings. The van der Waals surface area contributed by atoms with Crippen molar-refractivity contribution in [2.24, 2.45) is 5.92 Å². The maximum absolute atomic E-state index is 12.7. The van der Waals surface area contributed by atoms with Crippen LogP contribution in [0.1, 0.15) is 35.0 Å². The molecule has 3 aromatic rings. The van der Waals surface area contributed by atoms with Crippen molar-refractivity contribution in [1.82, 2.24) is 14.7 Å². The van der Waals surface area contributed by atoms with Crippen molar-refractivity contribution in [3.05, 3.63) is 65.2 Å². The molecule has 0 saturated carbocycles. The largest absolute Gasteiger partial charge is 0.349 e. The molecule has 6 nitrogen and oxygen atoms in total. The van der Waals surface area contributed by atoms with Gasteiger partial charge in [-0.15, -0.1) is 0 Å². The predicted molar refractivity (Wildman–Crippen MR) is 102 cm³/mol. The Morgan fingerprint density at radius 1 is 1.15 bits per heavy atom. The third-order valence-electron chi connectivity index (χ3n) is 3.72. The molecule has 3 rings (SSSR count). The lowest BCUT2D eigenvalue weighted by Crippen LogP contribution is -2.29. The van der Waals surface area contributed by atoms with Crippen molar-refractivity contribution >= 4 is 34.6 Å². The first-order chi connectivity index (χ1) is 12.5. The Kier molecular flexibility index (Phi) is 5.23. The van der Waals surface area contributed by atoms with Crippen LogP contribution in [0.5, 0.6) is 0 Å². The number of carbonyl (C=O) groups excluding carboxylic acids is 2. The number of halogens is 1. The third-order valence-corrected chi connectivity index (χ3v) is 3.96. The maximum Gasteiger partial charge on any atom is 0.287 e. The predicted octanol–water partition coefficient (Wildman–Crippen LogP) is 3.63. The number of anilines is 1. The van der Waals surface area contributed by atoms with E-state index in [-0.39, 0.29) is 17.4 Å². The highest BCUT2D eigenvalue weighted by molar-refractivity contribution is 6.31. The zero-order valence-electron chi connectivity index (χ0n) is 14.5. The van der Waals surface area contributed by atoms with Crippen LogP contribution in [0.4, 0.5) is 5.69 Å². The number of amides is 2. The van der Waals surface area contributed by atoms with Crippen molar-refractivity contribution in [2.45, 2.75) is 13.8 Å². The minimum Gasteiger partial charge on any atom is -0.349 e. The van der Waals surface area contributed by atoms with Crippen molar-refractivity contribution in [1.29, 1.82) is 0 Å². The van der Waals surface area contributed by atoms with Crippen LogP contribution in [0.15, 0.2) is 48.7 Å². The SMILES string of the molecule is CC(C)CNC(=O)c1nc(C(=O)Nc2cccc(Cl)c2)c2ccccn12. The minimum absolute atomic E-state index is 0.178. The molecule has 1 aromatic carbocycles. The summed E-state index contributed by atoms with van der Waals surface area (Å²) in [5, 5.41) is 6.11. The summed E-state index contributed by atoms with van der Waals surface area (Å²) in [7, 11) is 0. The molecule has 0 fully saturated rings. The number of carbonyl (C=O) groups is 2. The van der Waals surface area contributed by atoms with E-state index in [4.69, 9.17) is 11.6 Å². The van der Waals surface area contributed by atoms with E-state index in [0.717, 1.165) is 0 Å². The lowest BCUT2D eigenvalue weighted by atomic mass is 10.2. The van der Waals surface area contributed by atoms with Crippen molar-refractivity contribution in [2.75, 3.05) is 11.9 Å². The van der Waals surface area contributed by atoms with Gasteiger partial charge < -0.3 is 10.6 Å². The molecular formula is C19H19ClN4O2. The molecule has 26 heavy (non-hydrogen) atoms. The summed E-state index contributed by atoms with van der Waals surface area (Å²) in [5.74, 6) is -0.228. The van der Waals surface area contributed by atoms with Crippen LogP contribution < -0.4 is 10.6 Å². The van der Waals surface area contributed by atoms with Gasteiger partial charge in [-0.25, -0.2) is 4.98 Å². The second kappa shape index (κ2) is 7.58. The van der Waals surface area contributed by atoms with Gasteiger partial charge in [-0.1, -0.05) is 37.6 Å². The van der Waals surface area contributed by atoms with Gasteiger partial charge in [0, 0.05) is 23.5 Å². The van der Waals surface area contributed by atoms with Gasteiger partial charge in [-0.3, -0.25) is 14.0 Å². The lowest BCUT2D eigenvalue weighted by molar-refractivity contribution is 0.0938. The third kappa shape index (κ3) is 3.86. The number of benzene rings is 1. The Hall–Kier alpha value is -2.86. The number of hydrogen-bond donors (Lipinski definition) is 2. The van der Waals surface area contributed by atoms with Crippen LogP contribution in [0.3, 0.4) is 0 Å². The van der Waals surface area contributed by atoms with Gasteiger partial charge in [0.1, 0.15) is 0 Å². The van der Waals surface area contributed by atoms with Crippen LogP contribution in [0.2, 0.25) is 5.02 Å². The Morgan fingerprint density at radius 2 is 1.96 bits per heavy atom. The highest BCUT2D eigenvalue weighted by atomic mass is 35.5. The van der Waals surface area contributed by atoms with Crippen LogP contribution in [0.25, 0.3) is 5.52 Å². The average Bonchev–Trinajstić information content (AvgIpc) is 2.99. The Balaban J connectivity index is 1.93. The molecule has 2 aromatic heterocycles. The smallest absolute Gasteiger partial charge is 0.287 e. The highest BCUT2D eigenvalue weighted by Gasteiger charge is 2.21. The first-order valence-corrected chi connectivity index (χ1v) is 8.65. The standard InChI is InChI=1S/C19H19ClN4O2/c1-12(2)11-21-19(26)17-23-16(15-8-3-4-9-24(15)17)18(25)22-14-7-5-6-13(20)10-14/h3-10,12H,11H2,1-2H3,(H,21,26)(H,22,25). The normalized spacial score (nSPS) is 10.9. The van der Waals surface area contributed by atoms with Gasteiger partial charge in [-0.05, 0) is 36.2 Å². The number of fused-ring (bicyclic) bond motifs is 1. The Bertz CT molecular complexity index is 965. The Morgan fingerprint density at radius 3 is 2.69 bits per heavy atom. The number of nitrogens with zero attached hydrogens (tertiary/aromatic N) is 2. The number of pyridine rings is 1. The molecule has 0 radical (unpaired) electrons. The summed E-state index contributed by atoms with van der Waals surface area (Å²) < 4.78 is 1.61. The number of imidazole rings is 1. The van der Waals surface area contributed by atoms with E-state index in [1.807, 2.05) is 13.8 Å². The van der Waals surface area contributed by atoms with E-state index in [1.54, 1.807) is 53.1 Å². The molecule has 0 aliphatic carbocycles. The molecule has 0 spiro atoms. The molecule has 134 valence electrons. The topological polar surface area (TPSA) is 75.5 Å². The number of rotatable bonds is 5. The van der Waals surface area contributed by atoms with Crippen molar-refractivity contribution < 1.29 is 9.59 Å². The number of hydrogen-bond acceptors (Lipinski definition) is 3. The summed E-state index contributed by atoms with van der Waals surface area (Å²) in [5.41, 5.74) is 1.30. The van der Waals surface area contributed by atoms with Crippen LogP contribution >= 0.6 is 11.6 Å². The molecular weight excluding hydrogens is 352 g/mol. The van der Waals surface area contributed by atoms with Crippen LogP contribution in [0, 0.1) is 5.92 Å². The van der Waals surface area contributed by atoms with Gasteiger partial charge in [-0.2, -0.15) is 0 Å². The summed E-state index contributed by atoms with van der Waals surface area (Å²) in [6, 6.07) is 12.2. The van der Waals surface area contributed by atoms with Crippen molar-refractivity contribution in [3.8, 4) is 0 Å². The van der Waals surface area contributed by atoms with Gasteiger partial charge in [0.25, 0.3) is 11.8 Å². The van der Waals surface area contributed by atoms with E-state index in [1.165, 1.54) is 0 Å². The number of nitrogens with one attached hydrogen (secondary N) is 2. The van der Waals surface area contributed by atoms with Crippen molar-refractivity contribution in [3.63, 3.8) is 0 Å². The average molecular weight is 371 g/mol. The van der Waals surface area contributed by atoms with E-state index in [0.29, 0.717) is 28.7 Å². The molecule has 2 heterocycles. The maximum atomic E-state index is 12.7. The molecule has 0 aliphatic heterocycles. The fraction of sp³-hybridized carbons (Fsp3) is 0.211. The zero-order chi connectivity index (χ0) is 18.7. The molecule has 2 N–H and O–H groups in total. The second-order valence-corrected chi connectivity index (χ2v) is 6.74. The fourth-order valence-corrected chi connectivity index (χ4v) is 2.69. The van der Waals surface area contributed by atoms with E-state index in [9.17, 15) is 9.59 Å². The van der Waals surface area contributed by atoms with Gasteiger partial charge in [0.2, 0.25) is 5.82 Å². The van der Waals surface area contributed by atoms with Crippen LogP contribution in [-0.4, -0.2) is 27.7 Å². The second-order valence-electron chi connectivity index (χ2n) is 6.31. The van der Waals surface area contributed by atoms with Gasteiger partial charge in [0.05, 0.1) is 5.52 Å². The lowest BCUT2D eigenvalue weighted by Gasteiger charge is -2.06. The summed E-state index contributed by atoms with van der Waals surface area (Å²) >= 11 is 5.95. The first kappa shape index (κ1) is 17.9. The monoisotopic (exact) mass is 370 g/mol. The fourth-order valence-electron chi connectivity index (χ4n) is 2.50. The van der Waals surface area contributed by atoms with E-state index < -0.39 is 5.91 Å². The molecule has 0 unspecified atom stereocenters. The Labute approximate surface area is 156 Å². The quantitative estimate of drug-likeness (QED) is 0.720. The van der Waals surface area contributed by atoms with Gasteiger partial charge >= 0.3 is 0 Å². The van der Waals surface area contributed by atoms with Gasteiger partial charge in [0.15, 0.2) is 5.69 Å². The summed E-state index contributed by atoms with van der Waals surface area (Å²) in [4.78, 5) is 29.4.